The zero-order valence-corrected chi connectivity index (χ0v) is 14.4. The molecule has 0 aliphatic rings. The maximum Gasteiger partial charge on any atom is 0.209 e. The van der Waals surface area contributed by atoms with E-state index in [1.54, 1.807) is 23.5 Å². The molecule has 0 bridgehead atoms. The van der Waals surface area contributed by atoms with Crippen molar-refractivity contribution in [3.05, 3.63) is 21.6 Å². The van der Waals surface area contributed by atoms with Crippen molar-refractivity contribution >= 4 is 23.5 Å². The first-order valence-corrected chi connectivity index (χ1v) is 8.79. The number of H-pyrrole nitrogens is 1. The highest BCUT2D eigenvalue weighted by Gasteiger charge is 2.14. The van der Waals surface area contributed by atoms with Gasteiger partial charge in [0.2, 0.25) is 5.43 Å². The molecule has 0 aliphatic carbocycles. The highest BCUT2D eigenvalue weighted by atomic mass is 32.2. The van der Waals surface area contributed by atoms with E-state index in [-0.39, 0.29) is 5.43 Å². The number of aromatic amines is 1. The summed E-state index contributed by atoms with van der Waals surface area (Å²) in [6, 6.07) is 0. The minimum atomic E-state index is 0.213. The first-order chi connectivity index (χ1) is 8.82. The molecule has 0 atom stereocenters. The van der Waals surface area contributed by atoms with Gasteiger partial charge < -0.3 is 4.98 Å². The lowest BCUT2D eigenvalue weighted by molar-refractivity contribution is 0.748. The van der Waals surface area contributed by atoms with E-state index in [1.807, 2.05) is 13.8 Å². The molecule has 1 aromatic rings. The molecule has 2 nitrogen and oxygen atoms in total. The lowest BCUT2D eigenvalue weighted by Gasteiger charge is -2.13. The molecule has 1 rings (SSSR count). The molecule has 4 heteroatoms. The van der Waals surface area contributed by atoms with Crippen LogP contribution in [0.3, 0.4) is 0 Å². The lowest BCUT2D eigenvalue weighted by Crippen LogP contribution is -2.14. The normalized spacial score (nSPS) is 11.6. The van der Waals surface area contributed by atoms with Gasteiger partial charge in [-0.25, -0.2) is 0 Å². The van der Waals surface area contributed by atoms with Gasteiger partial charge in [-0.1, -0.05) is 27.7 Å². The predicted octanol–water partition coefficient (Wildman–Crippen LogP) is 4.49. The molecular formula is C15H25NOS2. The summed E-state index contributed by atoms with van der Waals surface area (Å²) in [5.41, 5.74) is 2.22. The summed E-state index contributed by atoms with van der Waals surface area (Å²) in [6.45, 7) is 12.7. The Morgan fingerprint density at radius 3 is 1.58 bits per heavy atom. The Kier molecular flexibility index (Phi) is 6.54. The molecular weight excluding hydrogens is 274 g/mol. The van der Waals surface area contributed by atoms with Gasteiger partial charge in [0.15, 0.2) is 0 Å². The van der Waals surface area contributed by atoms with Gasteiger partial charge in [0.1, 0.15) is 0 Å². The van der Waals surface area contributed by atoms with Crippen LogP contribution in [0.5, 0.6) is 0 Å². The number of nitrogens with one attached hydrogen (secondary N) is 1. The highest BCUT2D eigenvalue weighted by molar-refractivity contribution is 8.00. The molecule has 0 saturated heterocycles. The lowest BCUT2D eigenvalue weighted by atomic mass is 10.3. The van der Waals surface area contributed by atoms with Crippen LogP contribution >= 0.6 is 23.5 Å². The number of hydrogen-bond donors (Lipinski definition) is 1. The molecule has 108 valence electrons. The molecule has 0 amide bonds. The molecule has 1 heterocycles. The topological polar surface area (TPSA) is 32.9 Å². The maximum atomic E-state index is 12.6. The number of aromatic nitrogens is 1. The summed E-state index contributed by atoms with van der Waals surface area (Å²) in [6.07, 6.45) is 0. The van der Waals surface area contributed by atoms with Gasteiger partial charge in [0, 0.05) is 22.9 Å². The summed E-state index contributed by atoms with van der Waals surface area (Å²) < 4.78 is 0. The molecule has 0 spiro atoms. The number of pyridine rings is 1. The second-order valence-electron chi connectivity index (χ2n) is 5.77. The average molecular weight is 300 g/mol. The highest BCUT2D eigenvalue weighted by Crippen LogP contribution is 2.26. The Bertz CT molecular complexity index is 439. The SMILES string of the molecule is Cc1[nH]c(C)c(SCC(C)C)c(=O)c1SCC(C)C. The zero-order chi connectivity index (χ0) is 14.6. The van der Waals surface area contributed by atoms with Crippen LogP contribution in [0.25, 0.3) is 0 Å². The quantitative estimate of drug-likeness (QED) is 0.786. The van der Waals surface area contributed by atoms with E-state index in [1.165, 1.54) is 0 Å². The van der Waals surface area contributed by atoms with Crippen molar-refractivity contribution in [2.45, 2.75) is 51.3 Å². The van der Waals surface area contributed by atoms with Crippen LogP contribution in [0, 0.1) is 25.7 Å². The van der Waals surface area contributed by atoms with Crippen LogP contribution < -0.4 is 5.43 Å². The van der Waals surface area contributed by atoms with Crippen LogP contribution in [0.2, 0.25) is 0 Å². The zero-order valence-electron chi connectivity index (χ0n) is 12.8. The van der Waals surface area contributed by atoms with E-state index in [0.717, 1.165) is 32.7 Å². The van der Waals surface area contributed by atoms with Crippen LogP contribution in [-0.2, 0) is 0 Å². The van der Waals surface area contributed by atoms with Gasteiger partial charge in [-0.05, 0) is 25.7 Å². The molecule has 0 aromatic carbocycles. The van der Waals surface area contributed by atoms with Crippen LogP contribution in [0.4, 0.5) is 0 Å². The van der Waals surface area contributed by atoms with Crippen molar-refractivity contribution in [1.29, 1.82) is 0 Å². The third-order valence-corrected chi connectivity index (χ3v) is 5.82. The third kappa shape index (κ3) is 4.92. The fourth-order valence-electron chi connectivity index (χ4n) is 1.69. The van der Waals surface area contributed by atoms with E-state index >= 15 is 0 Å². The fourth-order valence-corrected chi connectivity index (χ4v) is 3.75. The Balaban J connectivity index is 3.04. The Labute approximate surface area is 125 Å². The maximum absolute atomic E-state index is 12.6. The Morgan fingerprint density at radius 2 is 1.26 bits per heavy atom. The number of aryl methyl sites for hydroxylation is 2. The molecule has 1 aromatic heterocycles. The Morgan fingerprint density at radius 1 is 0.895 bits per heavy atom. The van der Waals surface area contributed by atoms with Crippen molar-refractivity contribution in [3.63, 3.8) is 0 Å². The molecule has 1 N–H and O–H groups in total. The van der Waals surface area contributed by atoms with Gasteiger partial charge in [-0.2, -0.15) is 0 Å². The first-order valence-electron chi connectivity index (χ1n) is 6.82. The summed E-state index contributed by atoms with van der Waals surface area (Å²) >= 11 is 3.36. The summed E-state index contributed by atoms with van der Waals surface area (Å²) in [5.74, 6) is 3.16. The molecule has 0 aliphatic heterocycles. The van der Waals surface area contributed by atoms with E-state index in [0.29, 0.717) is 11.8 Å². The second kappa shape index (κ2) is 7.44. The summed E-state index contributed by atoms with van der Waals surface area (Å²) in [4.78, 5) is 17.7. The van der Waals surface area contributed by atoms with E-state index < -0.39 is 0 Å². The van der Waals surface area contributed by atoms with Crippen molar-refractivity contribution < 1.29 is 0 Å². The van der Waals surface area contributed by atoms with Gasteiger partial charge >= 0.3 is 0 Å². The van der Waals surface area contributed by atoms with Crippen LogP contribution in [0.1, 0.15) is 39.1 Å². The monoisotopic (exact) mass is 299 g/mol. The minimum Gasteiger partial charge on any atom is -0.361 e. The number of thioether (sulfide) groups is 2. The minimum absolute atomic E-state index is 0.213. The second-order valence-corrected chi connectivity index (χ2v) is 7.83. The van der Waals surface area contributed by atoms with Crippen LogP contribution in [-0.4, -0.2) is 16.5 Å². The van der Waals surface area contributed by atoms with E-state index in [9.17, 15) is 4.79 Å². The fraction of sp³-hybridized carbons (Fsp3) is 0.667. The number of hydrogen-bond acceptors (Lipinski definition) is 3. The first kappa shape index (κ1) is 16.7. The van der Waals surface area contributed by atoms with Crippen molar-refractivity contribution in [3.8, 4) is 0 Å². The largest absolute Gasteiger partial charge is 0.361 e. The summed E-state index contributed by atoms with van der Waals surface area (Å²) in [7, 11) is 0. The van der Waals surface area contributed by atoms with E-state index in [4.69, 9.17) is 0 Å². The molecule has 19 heavy (non-hydrogen) atoms. The van der Waals surface area contributed by atoms with Crippen molar-refractivity contribution in [1.82, 2.24) is 4.98 Å². The van der Waals surface area contributed by atoms with Gasteiger partial charge in [-0.3, -0.25) is 4.79 Å². The third-order valence-electron chi connectivity index (χ3n) is 2.59. The standard InChI is InChI=1S/C15H25NOS2/c1-9(2)7-18-14-11(5)16-12(6)15(13(14)17)19-8-10(3)4/h9-10H,7-8H2,1-6H3,(H,16,17). The molecule has 0 saturated carbocycles. The Hall–Kier alpha value is -0.350. The molecule has 0 unspecified atom stereocenters. The van der Waals surface area contributed by atoms with E-state index in [2.05, 4.69) is 32.7 Å². The van der Waals surface area contributed by atoms with Crippen molar-refractivity contribution in [2.75, 3.05) is 11.5 Å². The molecule has 0 fully saturated rings. The predicted molar refractivity (Wildman–Crippen MR) is 87.7 cm³/mol. The molecule has 0 radical (unpaired) electrons. The van der Waals surface area contributed by atoms with Gasteiger partial charge in [0.05, 0.1) is 9.79 Å². The van der Waals surface area contributed by atoms with Crippen molar-refractivity contribution in [2.24, 2.45) is 11.8 Å². The van der Waals surface area contributed by atoms with Gasteiger partial charge in [0.25, 0.3) is 0 Å². The number of rotatable bonds is 6. The van der Waals surface area contributed by atoms with Crippen LogP contribution in [0.15, 0.2) is 14.6 Å². The summed E-state index contributed by atoms with van der Waals surface area (Å²) in [5, 5.41) is 0. The smallest absolute Gasteiger partial charge is 0.209 e. The van der Waals surface area contributed by atoms with Gasteiger partial charge in [-0.15, -0.1) is 23.5 Å². The average Bonchev–Trinajstić information content (AvgIpc) is 2.27.